The van der Waals surface area contributed by atoms with Crippen molar-refractivity contribution in [3.63, 3.8) is 0 Å². The van der Waals surface area contributed by atoms with E-state index in [4.69, 9.17) is 5.73 Å². The Hall–Kier alpha value is -1.07. The standard InChI is InChI=1S/C12H18BrN3O/c1-12(2,14)11(17)15-9-7-8(13)5-6-10(9)16(3)4/h5-7H,14H2,1-4H3,(H,15,17). The van der Waals surface area contributed by atoms with E-state index in [2.05, 4.69) is 21.2 Å². The van der Waals surface area contributed by atoms with Crippen LogP contribution in [0.15, 0.2) is 22.7 Å². The molecule has 0 heterocycles. The van der Waals surface area contributed by atoms with Crippen molar-refractivity contribution in [2.75, 3.05) is 24.3 Å². The first-order valence-corrected chi connectivity index (χ1v) is 6.08. The van der Waals surface area contributed by atoms with E-state index < -0.39 is 5.54 Å². The van der Waals surface area contributed by atoms with Gasteiger partial charge in [-0.1, -0.05) is 15.9 Å². The van der Waals surface area contributed by atoms with E-state index >= 15 is 0 Å². The van der Waals surface area contributed by atoms with Crippen LogP contribution in [0.2, 0.25) is 0 Å². The summed E-state index contributed by atoms with van der Waals surface area (Å²) >= 11 is 3.38. The van der Waals surface area contributed by atoms with Gasteiger partial charge in [-0.3, -0.25) is 4.79 Å². The van der Waals surface area contributed by atoms with Gasteiger partial charge < -0.3 is 16.0 Å². The summed E-state index contributed by atoms with van der Waals surface area (Å²) in [7, 11) is 3.85. The number of nitrogens with zero attached hydrogens (tertiary/aromatic N) is 1. The van der Waals surface area contributed by atoms with Crippen LogP contribution < -0.4 is 16.0 Å². The highest BCUT2D eigenvalue weighted by molar-refractivity contribution is 9.10. The summed E-state index contributed by atoms with van der Waals surface area (Å²) in [6.45, 7) is 3.35. The van der Waals surface area contributed by atoms with Gasteiger partial charge in [-0.25, -0.2) is 0 Å². The van der Waals surface area contributed by atoms with Gasteiger partial charge in [0, 0.05) is 18.6 Å². The van der Waals surface area contributed by atoms with Gasteiger partial charge >= 0.3 is 0 Å². The first kappa shape index (κ1) is 14.0. The Morgan fingerprint density at radius 3 is 2.47 bits per heavy atom. The number of nitrogens with one attached hydrogen (secondary N) is 1. The summed E-state index contributed by atoms with van der Waals surface area (Å²) in [6.07, 6.45) is 0. The van der Waals surface area contributed by atoms with Crippen molar-refractivity contribution in [2.24, 2.45) is 5.73 Å². The molecule has 0 aromatic heterocycles. The van der Waals surface area contributed by atoms with Crippen LogP contribution in [0.5, 0.6) is 0 Å². The summed E-state index contributed by atoms with van der Waals surface area (Å²) in [5, 5.41) is 2.84. The second kappa shape index (κ2) is 5.06. The molecule has 94 valence electrons. The summed E-state index contributed by atoms with van der Waals surface area (Å²) in [4.78, 5) is 13.8. The fourth-order valence-corrected chi connectivity index (χ4v) is 1.64. The number of nitrogens with two attached hydrogens (primary N) is 1. The molecule has 0 bridgehead atoms. The van der Waals surface area contributed by atoms with Crippen molar-refractivity contribution in [2.45, 2.75) is 19.4 Å². The molecule has 1 aromatic carbocycles. The van der Waals surface area contributed by atoms with Crippen LogP contribution in [-0.4, -0.2) is 25.5 Å². The second-order valence-electron chi connectivity index (χ2n) is 4.73. The van der Waals surface area contributed by atoms with Crippen molar-refractivity contribution in [1.29, 1.82) is 0 Å². The van der Waals surface area contributed by atoms with Gasteiger partial charge in [0.1, 0.15) is 0 Å². The predicted molar refractivity (Wildman–Crippen MR) is 75.4 cm³/mol. The Morgan fingerprint density at radius 2 is 2.00 bits per heavy atom. The normalized spacial score (nSPS) is 11.2. The van der Waals surface area contributed by atoms with Gasteiger partial charge in [0.2, 0.25) is 5.91 Å². The van der Waals surface area contributed by atoms with Gasteiger partial charge in [0.25, 0.3) is 0 Å². The van der Waals surface area contributed by atoms with Crippen LogP contribution in [0.3, 0.4) is 0 Å². The third-order valence-corrected chi connectivity index (χ3v) is 2.77. The Bertz CT molecular complexity index is 424. The molecule has 5 heteroatoms. The molecule has 4 nitrogen and oxygen atoms in total. The van der Waals surface area contributed by atoms with Crippen LogP contribution in [0, 0.1) is 0 Å². The van der Waals surface area contributed by atoms with E-state index in [0.717, 1.165) is 15.8 Å². The van der Waals surface area contributed by atoms with Crippen LogP contribution in [0.4, 0.5) is 11.4 Å². The van der Waals surface area contributed by atoms with E-state index in [-0.39, 0.29) is 5.91 Å². The maximum Gasteiger partial charge on any atom is 0.243 e. The van der Waals surface area contributed by atoms with Gasteiger partial charge in [-0.2, -0.15) is 0 Å². The largest absolute Gasteiger partial charge is 0.376 e. The molecule has 0 spiro atoms. The Morgan fingerprint density at radius 1 is 1.41 bits per heavy atom. The number of hydrogen-bond acceptors (Lipinski definition) is 3. The maximum atomic E-state index is 11.9. The van der Waals surface area contributed by atoms with Crippen molar-refractivity contribution in [3.05, 3.63) is 22.7 Å². The first-order valence-electron chi connectivity index (χ1n) is 5.29. The number of rotatable bonds is 3. The highest BCUT2D eigenvalue weighted by Crippen LogP contribution is 2.28. The molecule has 0 unspecified atom stereocenters. The zero-order valence-corrected chi connectivity index (χ0v) is 12.1. The summed E-state index contributed by atoms with van der Waals surface area (Å²) in [6, 6.07) is 5.72. The smallest absolute Gasteiger partial charge is 0.243 e. The molecular formula is C12H18BrN3O. The van der Waals surface area contributed by atoms with Crippen molar-refractivity contribution >= 4 is 33.2 Å². The lowest BCUT2D eigenvalue weighted by Crippen LogP contribution is -2.45. The number of amides is 1. The molecule has 1 amide bonds. The van der Waals surface area contributed by atoms with Gasteiger partial charge in [0.15, 0.2) is 0 Å². The lowest BCUT2D eigenvalue weighted by molar-refractivity contribution is -0.120. The Balaban J connectivity index is 3.05. The number of hydrogen-bond donors (Lipinski definition) is 2. The molecule has 0 fully saturated rings. The van der Waals surface area contributed by atoms with Crippen molar-refractivity contribution in [1.82, 2.24) is 0 Å². The summed E-state index contributed by atoms with van der Waals surface area (Å²) in [5.41, 5.74) is 6.54. The SMILES string of the molecule is CN(C)c1ccc(Br)cc1NC(=O)C(C)(C)N. The monoisotopic (exact) mass is 299 g/mol. The number of halogens is 1. The van der Waals surface area contributed by atoms with Gasteiger partial charge in [0.05, 0.1) is 16.9 Å². The highest BCUT2D eigenvalue weighted by Gasteiger charge is 2.22. The molecule has 0 radical (unpaired) electrons. The minimum Gasteiger partial charge on any atom is -0.376 e. The molecule has 1 rings (SSSR count). The highest BCUT2D eigenvalue weighted by atomic mass is 79.9. The molecule has 0 aliphatic heterocycles. The first-order chi connectivity index (χ1) is 7.71. The Kier molecular flexibility index (Phi) is 4.16. The van der Waals surface area contributed by atoms with E-state index in [1.807, 2.05) is 37.2 Å². The van der Waals surface area contributed by atoms with E-state index in [9.17, 15) is 4.79 Å². The van der Waals surface area contributed by atoms with Gasteiger partial charge in [-0.15, -0.1) is 0 Å². The summed E-state index contributed by atoms with van der Waals surface area (Å²) < 4.78 is 0.910. The van der Waals surface area contributed by atoms with Gasteiger partial charge in [-0.05, 0) is 32.0 Å². The molecule has 1 aromatic rings. The zero-order valence-electron chi connectivity index (χ0n) is 10.5. The topological polar surface area (TPSA) is 58.4 Å². The molecule has 17 heavy (non-hydrogen) atoms. The minimum absolute atomic E-state index is 0.210. The van der Waals surface area contributed by atoms with Crippen molar-refractivity contribution < 1.29 is 4.79 Å². The van der Waals surface area contributed by atoms with E-state index in [0.29, 0.717) is 0 Å². The molecule has 0 aliphatic carbocycles. The average molecular weight is 300 g/mol. The Labute approximate surface area is 110 Å². The lowest BCUT2D eigenvalue weighted by atomic mass is 10.1. The third kappa shape index (κ3) is 3.71. The fourth-order valence-electron chi connectivity index (χ4n) is 1.28. The van der Waals surface area contributed by atoms with Crippen LogP contribution in [0.25, 0.3) is 0 Å². The summed E-state index contributed by atoms with van der Waals surface area (Å²) in [5.74, 6) is -0.210. The number of anilines is 2. The molecule has 0 aliphatic rings. The average Bonchev–Trinajstić information content (AvgIpc) is 2.15. The van der Waals surface area contributed by atoms with Crippen molar-refractivity contribution in [3.8, 4) is 0 Å². The van der Waals surface area contributed by atoms with Crippen LogP contribution in [-0.2, 0) is 4.79 Å². The molecular weight excluding hydrogens is 282 g/mol. The van der Waals surface area contributed by atoms with E-state index in [1.54, 1.807) is 13.8 Å². The number of carbonyl (C=O) groups excluding carboxylic acids is 1. The van der Waals surface area contributed by atoms with Crippen LogP contribution >= 0.6 is 15.9 Å². The van der Waals surface area contributed by atoms with E-state index in [1.165, 1.54) is 0 Å². The number of carbonyl (C=O) groups is 1. The quantitative estimate of drug-likeness (QED) is 0.899. The second-order valence-corrected chi connectivity index (χ2v) is 5.65. The molecule has 0 saturated heterocycles. The third-order valence-electron chi connectivity index (χ3n) is 2.27. The lowest BCUT2D eigenvalue weighted by Gasteiger charge is -2.22. The maximum absolute atomic E-state index is 11.9. The minimum atomic E-state index is -0.897. The predicted octanol–water partition coefficient (Wildman–Crippen LogP) is 2.19. The van der Waals surface area contributed by atoms with Crippen LogP contribution in [0.1, 0.15) is 13.8 Å². The molecule has 0 atom stereocenters. The molecule has 3 N–H and O–H groups in total. The zero-order chi connectivity index (χ0) is 13.2. The molecule has 0 saturated carbocycles. The fraction of sp³-hybridized carbons (Fsp3) is 0.417. The number of benzene rings is 1.